The summed E-state index contributed by atoms with van der Waals surface area (Å²) in [7, 11) is 0. The molecule has 5 nitrogen and oxygen atoms in total. The molecule has 2 N–H and O–H groups in total. The van der Waals surface area contributed by atoms with Crippen LogP contribution >= 0.6 is 11.8 Å². The van der Waals surface area contributed by atoms with E-state index < -0.39 is 0 Å². The molecule has 2 heterocycles. The number of nitrogen functional groups attached to an aromatic ring is 1. The third-order valence-corrected chi connectivity index (χ3v) is 4.61. The highest BCUT2D eigenvalue weighted by atomic mass is 32.2. The summed E-state index contributed by atoms with van der Waals surface area (Å²) >= 11 is 1.90. The molecule has 1 aliphatic rings. The molecule has 6 heteroatoms. The average Bonchev–Trinajstić information content (AvgIpc) is 2.96. The van der Waals surface area contributed by atoms with Crippen LogP contribution in [-0.2, 0) is 0 Å². The van der Waals surface area contributed by atoms with Crippen molar-refractivity contribution in [3.63, 3.8) is 0 Å². The van der Waals surface area contributed by atoms with Gasteiger partial charge in [-0.1, -0.05) is 13.0 Å². The van der Waals surface area contributed by atoms with Crippen LogP contribution in [0.3, 0.4) is 0 Å². The van der Waals surface area contributed by atoms with Gasteiger partial charge in [0.05, 0.1) is 5.69 Å². The van der Waals surface area contributed by atoms with Crippen molar-refractivity contribution >= 4 is 23.4 Å². The number of carbonyl (C=O) groups is 1. The van der Waals surface area contributed by atoms with Gasteiger partial charge in [-0.25, -0.2) is 4.68 Å². The summed E-state index contributed by atoms with van der Waals surface area (Å²) in [5.74, 6) is 0.993. The molecular weight excluding hydrogens is 284 g/mol. The Morgan fingerprint density at radius 3 is 3.05 bits per heavy atom. The standard InChI is InChI=1S/C15H18N4OS/c1-11-10-18(7-8-21-11)15(20)14-5-6-19(17-14)13-4-2-3-12(16)9-13/h2-6,9,11H,7-8,10,16H2,1H3. The topological polar surface area (TPSA) is 64.2 Å². The molecule has 3 rings (SSSR count). The van der Waals surface area contributed by atoms with E-state index in [1.54, 1.807) is 16.9 Å². The summed E-state index contributed by atoms with van der Waals surface area (Å²) in [6, 6.07) is 9.21. The average molecular weight is 302 g/mol. The molecule has 21 heavy (non-hydrogen) atoms. The van der Waals surface area contributed by atoms with Crippen LogP contribution in [-0.4, -0.2) is 44.7 Å². The van der Waals surface area contributed by atoms with Gasteiger partial charge in [0.1, 0.15) is 0 Å². The summed E-state index contributed by atoms with van der Waals surface area (Å²) in [5, 5.41) is 4.87. The lowest BCUT2D eigenvalue weighted by atomic mass is 10.3. The van der Waals surface area contributed by atoms with Crippen LogP contribution in [0.1, 0.15) is 17.4 Å². The van der Waals surface area contributed by atoms with Gasteiger partial charge in [0.15, 0.2) is 5.69 Å². The number of nitrogens with two attached hydrogens (primary N) is 1. The van der Waals surface area contributed by atoms with E-state index >= 15 is 0 Å². The molecule has 0 bridgehead atoms. The third kappa shape index (κ3) is 3.05. The van der Waals surface area contributed by atoms with E-state index in [0.717, 1.165) is 24.5 Å². The number of anilines is 1. The van der Waals surface area contributed by atoms with Gasteiger partial charge in [0, 0.05) is 36.0 Å². The summed E-state index contributed by atoms with van der Waals surface area (Å²) < 4.78 is 1.69. The lowest BCUT2D eigenvalue weighted by Crippen LogP contribution is -2.41. The molecule has 0 spiro atoms. The number of aromatic nitrogens is 2. The predicted molar refractivity (Wildman–Crippen MR) is 85.8 cm³/mol. The molecule has 1 aromatic carbocycles. The van der Waals surface area contributed by atoms with Crippen LogP contribution in [0.25, 0.3) is 5.69 Å². The second-order valence-corrected chi connectivity index (χ2v) is 6.72. The van der Waals surface area contributed by atoms with Gasteiger partial charge < -0.3 is 10.6 Å². The molecule has 1 fully saturated rings. The summed E-state index contributed by atoms with van der Waals surface area (Å²) in [6.45, 7) is 3.73. The number of nitrogens with zero attached hydrogens (tertiary/aromatic N) is 3. The maximum atomic E-state index is 12.5. The monoisotopic (exact) mass is 302 g/mol. The highest BCUT2D eigenvalue weighted by Crippen LogP contribution is 2.19. The first-order chi connectivity index (χ1) is 10.1. The van der Waals surface area contributed by atoms with E-state index in [1.165, 1.54) is 0 Å². The van der Waals surface area contributed by atoms with Gasteiger partial charge in [0.2, 0.25) is 0 Å². The van der Waals surface area contributed by atoms with Gasteiger partial charge in [0.25, 0.3) is 5.91 Å². The second kappa shape index (κ2) is 5.81. The maximum absolute atomic E-state index is 12.5. The first-order valence-corrected chi connectivity index (χ1v) is 8.01. The van der Waals surface area contributed by atoms with Crippen LogP contribution in [0.15, 0.2) is 36.5 Å². The highest BCUT2D eigenvalue weighted by Gasteiger charge is 2.23. The number of hydrogen-bond acceptors (Lipinski definition) is 4. The molecule has 1 aliphatic heterocycles. The minimum atomic E-state index is 0.00445. The van der Waals surface area contributed by atoms with Crippen molar-refractivity contribution in [1.29, 1.82) is 0 Å². The summed E-state index contributed by atoms with van der Waals surface area (Å²) in [5.41, 5.74) is 7.80. The van der Waals surface area contributed by atoms with E-state index in [9.17, 15) is 4.79 Å². The summed E-state index contributed by atoms with van der Waals surface area (Å²) in [6.07, 6.45) is 1.80. The van der Waals surface area contributed by atoms with Crippen molar-refractivity contribution in [2.75, 3.05) is 24.6 Å². The zero-order valence-electron chi connectivity index (χ0n) is 11.9. The van der Waals surface area contributed by atoms with Crippen molar-refractivity contribution in [3.05, 3.63) is 42.2 Å². The van der Waals surface area contributed by atoms with E-state index in [0.29, 0.717) is 16.6 Å². The molecule has 1 amide bonds. The van der Waals surface area contributed by atoms with E-state index in [4.69, 9.17) is 5.73 Å². The van der Waals surface area contributed by atoms with Crippen LogP contribution in [0.2, 0.25) is 0 Å². The smallest absolute Gasteiger partial charge is 0.274 e. The van der Waals surface area contributed by atoms with E-state index in [1.807, 2.05) is 40.9 Å². The number of amides is 1. The Balaban J connectivity index is 1.80. The second-order valence-electron chi connectivity index (χ2n) is 5.17. The van der Waals surface area contributed by atoms with Crippen LogP contribution in [0.5, 0.6) is 0 Å². The molecule has 1 aromatic heterocycles. The third-order valence-electron chi connectivity index (χ3n) is 3.47. The zero-order valence-corrected chi connectivity index (χ0v) is 12.7. The maximum Gasteiger partial charge on any atom is 0.274 e. The number of hydrogen-bond donors (Lipinski definition) is 1. The lowest BCUT2D eigenvalue weighted by Gasteiger charge is -2.29. The van der Waals surface area contributed by atoms with Gasteiger partial charge >= 0.3 is 0 Å². The first kappa shape index (κ1) is 14.0. The van der Waals surface area contributed by atoms with Crippen LogP contribution in [0.4, 0.5) is 5.69 Å². The first-order valence-electron chi connectivity index (χ1n) is 6.96. The Labute approximate surface area is 128 Å². The molecule has 1 atom stereocenters. The minimum Gasteiger partial charge on any atom is -0.399 e. The van der Waals surface area contributed by atoms with Gasteiger partial charge in [-0.15, -0.1) is 0 Å². The Morgan fingerprint density at radius 1 is 1.43 bits per heavy atom. The number of thioether (sulfide) groups is 1. The zero-order chi connectivity index (χ0) is 14.8. The fourth-order valence-corrected chi connectivity index (χ4v) is 3.43. The molecule has 1 unspecified atom stereocenters. The highest BCUT2D eigenvalue weighted by molar-refractivity contribution is 7.99. The molecule has 0 saturated carbocycles. The van der Waals surface area contributed by atoms with E-state index in [2.05, 4.69) is 12.0 Å². The molecule has 2 aromatic rings. The number of benzene rings is 1. The Hall–Kier alpha value is -1.95. The van der Waals surface area contributed by atoms with Gasteiger partial charge in [-0.3, -0.25) is 4.79 Å². The molecular formula is C15H18N4OS. The Bertz CT molecular complexity index is 655. The number of rotatable bonds is 2. The normalized spacial score (nSPS) is 18.7. The fraction of sp³-hybridized carbons (Fsp3) is 0.333. The van der Waals surface area contributed by atoms with Crippen molar-refractivity contribution in [1.82, 2.24) is 14.7 Å². The Morgan fingerprint density at radius 2 is 2.29 bits per heavy atom. The van der Waals surface area contributed by atoms with E-state index in [-0.39, 0.29) is 5.91 Å². The molecule has 1 saturated heterocycles. The minimum absolute atomic E-state index is 0.00445. The van der Waals surface area contributed by atoms with Crippen LogP contribution < -0.4 is 5.73 Å². The quantitative estimate of drug-likeness (QED) is 0.862. The predicted octanol–water partition coefficient (Wildman–Crippen LogP) is 2.03. The Kier molecular flexibility index (Phi) is 3.88. The van der Waals surface area contributed by atoms with Crippen molar-refractivity contribution in [2.45, 2.75) is 12.2 Å². The summed E-state index contributed by atoms with van der Waals surface area (Å²) in [4.78, 5) is 14.4. The van der Waals surface area contributed by atoms with Crippen molar-refractivity contribution in [2.24, 2.45) is 0 Å². The van der Waals surface area contributed by atoms with Gasteiger partial charge in [-0.2, -0.15) is 16.9 Å². The largest absolute Gasteiger partial charge is 0.399 e. The molecule has 0 radical (unpaired) electrons. The lowest BCUT2D eigenvalue weighted by molar-refractivity contribution is 0.0757. The SMILES string of the molecule is CC1CN(C(=O)c2ccn(-c3cccc(N)c3)n2)CCS1. The van der Waals surface area contributed by atoms with Gasteiger partial charge in [-0.05, 0) is 24.3 Å². The van der Waals surface area contributed by atoms with Crippen molar-refractivity contribution < 1.29 is 4.79 Å². The van der Waals surface area contributed by atoms with Crippen LogP contribution in [0, 0.1) is 0 Å². The molecule has 0 aliphatic carbocycles. The molecule has 110 valence electrons. The number of carbonyl (C=O) groups excluding carboxylic acids is 1. The fourth-order valence-electron chi connectivity index (χ4n) is 2.41. The van der Waals surface area contributed by atoms with Crippen molar-refractivity contribution in [3.8, 4) is 5.69 Å².